The molecule has 4 N–H and O–H groups in total. The molecule has 0 aliphatic rings. The molecule has 0 aliphatic carbocycles. The van der Waals surface area contributed by atoms with Crippen molar-refractivity contribution in [3.63, 3.8) is 0 Å². The maximum Gasteiger partial charge on any atom is 0.105 e. The molecule has 3 nitrogen and oxygen atoms in total. The molecule has 0 amide bonds. The van der Waals surface area contributed by atoms with Gasteiger partial charge in [-0.05, 0) is 12.5 Å². The van der Waals surface area contributed by atoms with Crippen molar-refractivity contribution >= 4 is 23.2 Å². The van der Waals surface area contributed by atoms with Crippen molar-refractivity contribution in [2.75, 3.05) is 13.7 Å². The third-order valence-corrected chi connectivity index (χ3v) is 1.90. The summed E-state index contributed by atoms with van der Waals surface area (Å²) in [5.74, 6) is 0. The van der Waals surface area contributed by atoms with E-state index in [0.29, 0.717) is 17.8 Å². The zero-order chi connectivity index (χ0) is 9.72. The summed E-state index contributed by atoms with van der Waals surface area (Å²) in [7, 11) is 1.54. The molecule has 0 aliphatic heterocycles. The largest absolute Gasteiger partial charge is 0.389 e. The second-order valence-corrected chi connectivity index (χ2v) is 3.05. The van der Waals surface area contributed by atoms with Crippen molar-refractivity contribution < 1.29 is 4.74 Å². The summed E-state index contributed by atoms with van der Waals surface area (Å²) >= 11 is 11.1. The van der Waals surface area contributed by atoms with Gasteiger partial charge in [0.1, 0.15) is 10.3 Å². The highest BCUT2D eigenvalue weighted by Gasteiger charge is 2.06. The lowest BCUT2D eigenvalue weighted by Crippen LogP contribution is -2.07. The molecular formula is C7H12Cl2N2O. The summed E-state index contributed by atoms with van der Waals surface area (Å²) in [6, 6.07) is 0. The topological polar surface area (TPSA) is 61.3 Å². The summed E-state index contributed by atoms with van der Waals surface area (Å²) in [6.45, 7) is 2.03. The van der Waals surface area contributed by atoms with Gasteiger partial charge in [0.15, 0.2) is 0 Å². The van der Waals surface area contributed by atoms with Crippen LogP contribution < -0.4 is 11.5 Å². The molecule has 0 rings (SSSR count). The highest BCUT2D eigenvalue weighted by atomic mass is 35.5. The van der Waals surface area contributed by atoms with E-state index in [4.69, 9.17) is 39.4 Å². The molecule has 0 radical (unpaired) electrons. The maximum absolute atomic E-state index is 5.59. The first-order valence-corrected chi connectivity index (χ1v) is 4.01. The van der Waals surface area contributed by atoms with Crippen molar-refractivity contribution in [3.05, 3.63) is 21.5 Å². The van der Waals surface area contributed by atoms with Gasteiger partial charge in [-0.25, -0.2) is 0 Å². The van der Waals surface area contributed by atoms with Crippen LogP contribution in [0.15, 0.2) is 21.5 Å². The average Bonchev–Trinajstić information content (AvgIpc) is 1.98. The smallest absolute Gasteiger partial charge is 0.105 e. The lowest BCUT2D eigenvalue weighted by Gasteiger charge is -2.08. The summed E-state index contributed by atoms with van der Waals surface area (Å²) in [5.41, 5.74) is 12.0. The highest BCUT2D eigenvalue weighted by molar-refractivity contribution is 6.31. The lowest BCUT2D eigenvalue weighted by atomic mass is 10.1. The van der Waals surface area contributed by atoms with Crippen LogP contribution in [0.1, 0.15) is 6.92 Å². The Kier molecular flexibility index (Phi) is 5.13. The Morgan fingerprint density at radius 1 is 1.25 bits per heavy atom. The molecule has 0 bridgehead atoms. The fourth-order valence-corrected chi connectivity index (χ4v) is 0.955. The Morgan fingerprint density at radius 3 is 2.00 bits per heavy atom. The first kappa shape index (κ1) is 11.6. The van der Waals surface area contributed by atoms with Crippen LogP contribution in [-0.2, 0) is 4.74 Å². The van der Waals surface area contributed by atoms with Crippen LogP contribution in [0.3, 0.4) is 0 Å². The molecule has 0 atom stereocenters. The SMILES string of the molecule is COCC(=C(/N)Cl)/C(C)=C(\N)Cl. The molecule has 70 valence electrons. The molecular weight excluding hydrogens is 199 g/mol. The predicted octanol–water partition coefficient (Wildman–Crippen LogP) is 1.47. The lowest BCUT2D eigenvalue weighted by molar-refractivity contribution is 0.227. The first-order valence-electron chi connectivity index (χ1n) is 3.26. The zero-order valence-corrected chi connectivity index (χ0v) is 8.54. The van der Waals surface area contributed by atoms with Crippen LogP contribution in [0.5, 0.6) is 0 Å². The summed E-state index contributed by atoms with van der Waals surface area (Å²) in [5, 5.41) is 0.323. The molecule has 0 spiro atoms. The molecule has 0 saturated carbocycles. The Bertz CT molecular complexity index is 215. The maximum atomic E-state index is 5.59. The van der Waals surface area contributed by atoms with Crippen LogP contribution in [0.4, 0.5) is 0 Å². The van der Waals surface area contributed by atoms with Crippen LogP contribution in [0, 0.1) is 0 Å². The van der Waals surface area contributed by atoms with Crippen LogP contribution in [-0.4, -0.2) is 13.7 Å². The van der Waals surface area contributed by atoms with Crippen molar-refractivity contribution in [3.8, 4) is 0 Å². The normalized spacial score (nSPS) is 15.3. The molecule has 5 heteroatoms. The monoisotopic (exact) mass is 210 g/mol. The van der Waals surface area contributed by atoms with Gasteiger partial charge in [-0.3, -0.25) is 0 Å². The van der Waals surface area contributed by atoms with Crippen LogP contribution >= 0.6 is 23.2 Å². The van der Waals surface area contributed by atoms with Gasteiger partial charge < -0.3 is 16.2 Å². The highest BCUT2D eigenvalue weighted by Crippen LogP contribution is 2.17. The fraction of sp³-hybridized carbons (Fsp3) is 0.429. The quantitative estimate of drug-likeness (QED) is 0.548. The van der Waals surface area contributed by atoms with E-state index < -0.39 is 0 Å². The minimum atomic E-state index is 0.151. The Hall–Kier alpha value is -0.380. The molecule has 0 heterocycles. The number of hydrogen-bond acceptors (Lipinski definition) is 3. The fourth-order valence-electron chi connectivity index (χ4n) is 0.645. The number of hydrogen-bond donors (Lipinski definition) is 2. The van der Waals surface area contributed by atoms with Crippen LogP contribution in [0.2, 0.25) is 0 Å². The Balaban J connectivity index is 4.79. The minimum absolute atomic E-state index is 0.151. The summed E-state index contributed by atoms with van der Waals surface area (Å²) in [4.78, 5) is 0. The standard InChI is InChI=1S/C7H12Cl2N2O/c1-4(6(8)10)5(3-12-2)7(9)11/h3,10-11H2,1-2H3/b6-4-,7-5-. The van der Waals surface area contributed by atoms with E-state index in [-0.39, 0.29) is 10.3 Å². The second-order valence-electron chi connectivity index (χ2n) is 2.23. The van der Waals surface area contributed by atoms with Crippen LogP contribution in [0.25, 0.3) is 0 Å². The van der Waals surface area contributed by atoms with Crippen molar-refractivity contribution in [2.45, 2.75) is 6.92 Å². The molecule has 0 unspecified atom stereocenters. The molecule has 0 fully saturated rings. The molecule has 0 aromatic rings. The number of ether oxygens (including phenoxy) is 1. The van der Waals surface area contributed by atoms with Crippen molar-refractivity contribution in [2.24, 2.45) is 11.5 Å². The van der Waals surface area contributed by atoms with Gasteiger partial charge in [-0.15, -0.1) is 0 Å². The van der Waals surface area contributed by atoms with Crippen molar-refractivity contribution in [1.29, 1.82) is 0 Å². The van der Waals surface area contributed by atoms with E-state index >= 15 is 0 Å². The van der Waals surface area contributed by atoms with E-state index in [1.807, 2.05) is 0 Å². The summed E-state index contributed by atoms with van der Waals surface area (Å²) < 4.78 is 4.87. The minimum Gasteiger partial charge on any atom is -0.389 e. The van der Waals surface area contributed by atoms with Crippen molar-refractivity contribution in [1.82, 2.24) is 0 Å². The second kappa shape index (κ2) is 5.30. The van der Waals surface area contributed by atoms with Gasteiger partial charge in [0.25, 0.3) is 0 Å². The van der Waals surface area contributed by atoms with Gasteiger partial charge in [-0.2, -0.15) is 0 Å². The third-order valence-electron chi connectivity index (χ3n) is 1.39. The third kappa shape index (κ3) is 3.34. The zero-order valence-electron chi connectivity index (χ0n) is 7.03. The Morgan fingerprint density at radius 2 is 1.75 bits per heavy atom. The molecule has 0 aromatic carbocycles. The number of nitrogens with two attached hydrogens (primary N) is 2. The number of rotatable bonds is 3. The van der Waals surface area contributed by atoms with Gasteiger partial charge in [0.05, 0.1) is 6.61 Å². The van der Waals surface area contributed by atoms with Gasteiger partial charge >= 0.3 is 0 Å². The first-order chi connectivity index (χ1) is 5.50. The predicted molar refractivity (Wildman–Crippen MR) is 51.7 cm³/mol. The van der Waals surface area contributed by atoms with Gasteiger partial charge in [0.2, 0.25) is 0 Å². The van der Waals surface area contributed by atoms with E-state index in [0.717, 1.165) is 0 Å². The molecule has 0 aromatic heterocycles. The average molecular weight is 211 g/mol. The number of halogens is 2. The van der Waals surface area contributed by atoms with E-state index in [1.165, 1.54) is 7.11 Å². The van der Waals surface area contributed by atoms with E-state index in [2.05, 4.69) is 0 Å². The number of methoxy groups -OCH3 is 1. The molecule has 0 saturated heterocycles. The summed E-state index contributed by atoms with van der Waals surface area (Å²) in [6.07, 6.45) is 0. The van der Waals surface area contributed by atoms with E-state index in [1.54, 1.807) is 6.92 Å². The van der Waals surface area contributed by atoms with Gasteiger partial charge in [-0.1, -0.05) is 23.2 Å². The Labute approximate surface area is 81.9 Å². The van der Waals surface area contributed by atoms with E-state index in [9.17, 15) is 0 Å². The van der Waals surface area contributed by atoms with Gasteiger partial charge in [0, 0.05) is 12.7 Å². The molecule has 12 heavy (non-hydrogen) atoms.